The van der Waals surface area contributed by atoms with Crippen LogP contribution in [0, 0.1) is 0 Å². The third kappa shape index (κ3) is 4.20. The minimum atomic E-state index is 0.685. The molecule has 1 saturated heterocycles. The molecule has 0 aliphatic carbocycles. The Morgan fingerprint density at radius 2 is 1.96 bits per heavy atom. The van der Waals surface area contributed by atoms with E-state index in [1.165, 1.54) is 0 Å². The summed E-state index contributed by atoms with van der Waals surface area (Å²) in [4.78, 5) is 6.88. The molecule has 0 unspecified atom stereocenters. The largest absolute Gasteiger partial charge is 0.492 e. The first-order chi connectivity index (χ1) is 13.3. The van der Waals surface area contributed by atoms with Crippen LogP contribution in [0.5, 0.6) is 5.75 Å². The summed E-state index contributed by atoms with van der Waals surface area (Å²) in [5.41, 5.74) is 2.06. The van der Waals surface area contributed by atoms with Crippen molar-refractivity contribution in [3.63, 3.8) is 0 Å². The molecule has 0 atom stereocenters. The molecule has 1 aliphatic rings. The average Bonchev–Trinajstić information content (AvgIpc) is 3.38. The quantitative estimate of drug-likeness (QED) is 0.642. The molecule has 0 saturated carbocycles. The molecule has 3 aromatic rings. The zero-order valence-electron chi connectivity index (χ0n) is 15.6. The predicted octanol–water partition coefficient (Wildman–Crippen LogP) is 2.47. The molecule has 2 aromatic heterocycles. The molecule has 1 fully saturated rings. The number of aryl methyl sites for hydroxylation is 1. The van der Waals surface area contributed by atoms with Gasteiger partial charge in [0.2, 0.25) is 0 Å². The van der Waals surface area contributed by atoms with E-state index in [1.807, 2.05) is 58.3 Å². The molecular weight excluding hydrogens is 342 g/mol. The van der Waals surface area contributed by atoms with Crippen molar-refractivity contribution in [2.24, 2.45) is 0 Å². The van der Waals surface area contributed by atoms with Gasteiger partial charge in [0.15, 0.2) is 0 Å². The van der Waals surface area contributed by atoms with Crippen LogP contribution in [0.2, 0.25) is 0 Å². The van der Waals surface area contributed by atoms with E-state index in [-0.39, 0.29) is 0 Å². The summed E-state index contributed by atoms with van der Waals surface area (Å²) in [7, 11) is 0. The van der Waals surface area contributed by atoms with E-state index in [0.717, 1.165) is 62.2 Å². The lowest BCUT2D eigenvalue weighted by molar-refractivity contribution is 0.0322. The van der Waals surface area contributed by atoms with Gasteiger partial charge in [-0.2, -0.15) is 5.10 Å². The smallest absolute Gasteiger partial charge is 0.144 e. The lowest BCUT2D eigenvalue weighted by atomic mass is 10.2. The Morgan fingerprint density at radius 3 is 2.70 bits per heavy atom. The second-order valence-corrected chi connectivity index (χ2v) is 6.50. The number of hydrogen-bond donors (Lipinski definition) is 0. The molecule has 0 bridgehead atoms. The summed E-state index contributed by atoms with van der Waals surface area (Å²) in [6, 6.07) is 8.10. The van der Waals surface area contributed by atoms with E-state index in [2.05, 4.69) is 21.9 Å². The molecule has 7 heteroatoms. The van der Waals surface area contributed by atoms with Crippen molar-refractivity contribution >= 4 is 0 Å². The monoisotopic (exact) mass is 367 g/mol. The Hall–Kier alpha value is -2.64. The third-order valence-electron chi connectivity index (χ3n) is 4.75. The van der Waals surface area contributed by atoms with Crippen molar-refractivity contribution in [2.75, 3.05) is 39.5 Å². The highest BCUT2D eigenvalue weighted by Gasteiger charge is 2.11. The number of ether oxygens (including phenoxy) is 2. The molecule has 27 heavy (non-hydrogen) atoms. The molecule has 1 aliphatic heterocycles. The fourth-order valence-electron chi connectivity index (χ4n) is 3.19. The number of imidazole rings is 1. The van der Waals surface area contributed by atoms with Crippen LogP contribution in [0.15, 0.2) is 49.1 Å². The maximum Gasteiger partial charge on any atom is 0.144 e. The number of nitrogens with zero attached hydrogens (tertiary/aromatic N) is 5. The Labute approximate surface area is 159 Å². The van der Waals surface area contributed by atoms with Gasteiger partial charge in [-0.15, -0.1) is 0 Å². The van der Waals surface area contributed by atoms with Gasteiger partial charge in [0.05, 0.1) is 25.1 Å². The van der Waals surface area contributed by atoms with E-state index in [9.17, 15) is 0 Å². The summed E-state index contributed by atoms with van der Waals surface area (Å²) in [6.07, 6.45) is 7.65. The Kier molecular flexibility index (Phi) is 5.50. The van der Waals surface area contributed by atoms with Gasteiger partial charge in [0.25, 0.3) is 0 Å². The molecule has 0 spiro atoms. The van der Waals surface area contributed by atoms with E-state index < -0.39 is 0 Å². The van der Waals surface area contributed by atoms with E-state index in [4.69, 9.17) is 9.47 Å². The number of aromatic nitrogens is 4. The molecule has 0 radical (unpaired) electrons. The van der Waals surface area contributed by atoms with Crippen LogP contribution < -0.4 is 4.74 Å². The van der Waals surface area contributed by atoms with Gasteiger partial charge in [-0.25, -0.2) is 4.98 Å². The van der Waals surface area contributed by atoms with Crippen LogP contribution in [0.3, 0.4) is 0 Å². The van der Waals surface area contributed by atoms with Crippen molar-refractivity contribution < 1.29 is 9.47 Å². The molecular formula is C20H25N5O2. The van der Waals surface area contributed by atoms with Crippen LogP contribution in [0.1, 0.15) is 6.92 Å². The fourth-order valence-corrected chi connectivity index (χ4v) is 3.19. The number of hydrogen-bond acceptors (Lipinski definition) is 5. The van der Waals surface area contributed by atoms with Crippen molar-refractivity contribution in [3.8, 4) is 22.8 Å². The van der Waals surface area contributed by atoms with Crippen molar-refractivity contribution in [2.45, 2.75) is 13.5 Å². The summed E-state index contributed by atoms with van der Waals surface area (Å²) in [5.74, 6) is 1.77. The van der Waals surface area contributed by atoms with Gasteiger partial charge in [0.1, 0.15) is 18.2 Å². The lowest BCUT2D eigenvalue weighted by Crippen LogP contribution is -2.38. The molecule has 0 amide bonds. The topological polar surface area (TPSA) is 57.3 Å². The summed E-state index contributed by atoms with van der Waals surface area (Å²) >= 11 is 0. The SMILES string of the molecule is CCn1cc(-n2ccnc2-c2ccc(OCCN3CCOCC3)cc2)cn1. The van der Waals surface area contributed by atoms with Gasteiger partial charge in [0, 0.05) is 50.3 Å². The number of rotatable bonds is 7. The first-order valence-electron chi connectivity index (χ1n) is 9.43. The normalized spacial score (nSPS) is 15.1. The van der Waals surface area contributed by atoms with Crippen LogP contribution in [-0.2, 0) is 11.3 Å². The highest BCUT2D eigenvalue weighted by atomic mass is 16.5. The molecule has 1 aromatic carbocycles. The molecule has 3 heterocycles. The van der Waals surface area contributed by atoms with Gasteiger partial charge >= 0.3 is 0 Å². The summed E-state index contributed by atoms with van der Waals surface area (Å²) in [5, 5.41) is 4.35. The molecule has 0 N–H and O–H groups in total. The van der Waals surface area contributed by atoms with Gasteiger partial charge < -0.3 is 9.47 Å². The fraction of sp³-hybridized carbons (Fsp3) is 0.400. The highest BCUT2D eigenvalue weighted by molar-refractivity contribution is 5.59. The standard InChI is InChI=1S/C20H25N5O2/c1-2-24-16-18(15-22-24)25-8-7-21-20(25)17-3-5-19(6-4-17)27-14-11-23-9-12-26-13-10-23/h3-8,15-16H,2,9-14H2,1H3. The summed E-state index contributed by atoms with van der Waals surface area (Å²) in [6.45, 7) is 8.14. The molecule has 7 nitrogen and oxygen atoms in total. The van der Waals surface area contributed by atoms with E-state index in [1.54, 1.807) is 0 Å². The van der Waals surface area contributed by atoms with Crippen LogP contribution in [0.4, 0.5) is 0 Å². The maximum atomic E-state index is 5.89. The zero-order chi connectivity index (χ0) is 18.5. The second kappa shape index (κ2) is 8.37. The van der Waals surface area contributed by atoms with E-state index >= 15 is 0 Å². The Morgan fingerprint density at radius 1 is 1.15 bits per heavy atom. The minimum absolute atomic E-state index is 0.685. The maximum absolute atomic E-state index is 5.89. The van der Waals surface area contributed by atoms with Crippen LogP contribution >= 0.6 is 0 Å². The van der Waals surface area contributed by atoms with Crippen LogP contribution in [-0.4, -0.2) is 63.7 Å². The first-order valence-corrected chi connectivity index (χ1v) is 9.43. The van der Waals surface area contributed by atoms with Crippen LogP contribution in [0.25, 0.3) is 17.1 Å². The van der Waals surface area contributed by atoms with Gasteiger partial charge in [-0.3, -0.25) is 14.1 Å². The van der Waals surface area contributed by atoms with Gasteiger partial charge in [-0.1, -0.05) is 0 Å². The summed E-state index contributed by atoms with van der Waals surface area (Å²) < 4.78 is 15.2. The molecule has 142 valence electrons. The lowest BCUT2D eigenvalue weighted by Gasteiger charge is -2.26. The number of morpholine rings is 1. The van der Waals surface area contributed by atoms with E-state index in [0.29, 0.717) is 6.61 Å². The number of benzene rings is 1. The Bertz CT molecular complexity index is 849. The molecule has 4 rings (SSSR count). The minimum Gasteiger partial charge on any atom is -0.492 e. The van der Waals surface area contributed by atoms with Crippen molar-refractivity contribution in [1.82, 2.24) is 24.2 Å². The Balaban J connectivity index is 1.40. The second-order valence-electron chi connectivity index (χ2n) is 6.50. The average molecular weight is 367 g/mol. The van der Waals surface area contributed by atoms with Crippen molar-refractivity contribution in [1.29, 1.82) is 0 Å². The highest BCUT2D eigenvalue weighted by Crippen LogP contribution is 2.23. The zero-order valence-corrected chi connectivity index (χ0v) is 15.6. The third-order valence-corrected chi connectivity index (χ3v) is 4.75. The first kappa shape index (κ1) is 17.8. The van der Waals surface area contributed by atoms with Gasteiger partial charge in [-0.05, 0) is 31.2 Å². The van der Waals surface area contributed by atoms with Crippen molar-refractivity contribution in [3.05, 3.63) is 49.1 Å². The predicted molar refractivity (Wildman–Crippen MR) is 103 cm³/mol.